The number of allylic oxidation sites excluding steroid dienone is 1. The molecule has 3 aromatic rings. The number of aldehydes is 1. The van der Waals surface area contributed by atoms with Crippen LogP contribution in [0.4, 0.5) is 5.69 Å². The molecule has 0 saturated carbocycles. The first-order valence-corrected chi connectivity index (χ1v) is 7.04. The van der Waals surface area contributed by atoms with Gasteiger partial charge in [-0.15, -0.1) is 0 Å². The number of fused-ring (bicyclic) bond motifs is 1. The number of nitrogens with zero attached hydrogens (tertiary/aromatic N) is 3. The van der Waals surface area contributed by atoms with E-state index in [4.69, 9.17) is 5.73 Å². The van der Waals surface area contributed by atoms with Gasteiger partial charge in [-0.25, -0.2) is 0 Å². The van der Waals surface area contributed by atoms with Crippen LogP contribution in [-0.2, 0) is 6.54 Å². The van der Waals surface area contributed by atoms with Gasteiger partial charge in [0.2, 0.25) is 0 Å². The van der Waals surface area contributed by atoms with Gasteiger partial charge in [0, 0.05) is 31.2 Å². The second kappa shape index (κ2) is 6.58. The summed E-state index contributed by atoms with van der Waals surface area (Å²) in [7, 11) is 0. The van der Waals surface area contributed by atoms with Crippen LogP contribution in [0.5, 0.6) is 0 Å². The van der Waals surface area contributed by atoms with Gasteiger partial charge in [-0.05, 0) is 36.0 Å². The van der Waals surface area contributed by atoms with Gasteiger partial charge in [0.1, 0.15) is 5.52 Å². The predicted octanol–water partition coefficient (Wildman–Crippen LogP) is 2.67. The molecule has 0 radical (unpaired) electrons. The topological polar surface area (TPSA) is 73.3 Å². The van der Waals surface area contributed by atoms with E-state index in [1.807, 2.05) is 28.8 Å². The van der Waals surface area contributed by atoms with Crippen molar-refractivity contribution < 1.29 is 4.79 Å². The van der Waals surface area contributed by atoms with Gasteiger partial charge < -0.3 is 10.3 Å². The summed E-state index contributed by atoms with van der Waals surface area (Å²) in [5.74, 6) is 0. The number of benzene rings is 1. The molecule has 0 bridgehead atoms. The molecule has 2 N–H and O–H groups in total. The summed E-state index contributed by atoms with van der Waals surface area (Å²) in [5.41, 5.74) is 9.26. The van der Waals surface area contributed by atoms with E-state index in [-0.39, 0.29) is 0 Å². The number of aromatic nitrogens is 2. The van der Waals surface area contributed by atoms with Crippen molar-refractivity contribution in [2.75, 3.05) is 0 Å². The van der Waals surface area contributed by atoms with Crippen LogP contribution in [0.2, 0.25) is 0 Å². The Labute approximate surface area is 133 Å². The molecule has 0 fully saturated rings. The summed E-state index contributed by atoms with van der Waals surface area (Å²) >= 11 is 0. The van der Waals surface area contributed by atoms with Crippen LogP contribution in [0.1, 0.15) is 15.9 Å². The molecule has 23 heavy (non-hydrogen) atoms. The molecule has 3 rings (SSSR count). The lowest BCUT2D eigenvalue weighted by Gasteiger charge is -2.05. The molecule has 0 aliphatic heterocycles. The first-order chi connectivity index (χ1) is 11.3. The third kappa shape index (κ3) is 3.11. The quantitative estimate of drug-likeness (QED) is 0.581. The number of carbonyl (C=O) groups excluding carboxylic acids is 1. The normalized spacial score (nSPS) is 11.3. The van der Waals surface area contributed by atoms with E-state index in [2.05, 4.69) is 22.2 Å². The van der Waals surface area contributed by atoms with Gasteiger partial charge in [0.15, 0.2) is 6.29 Å². The van der Waals surface area contributed by atoms with Crippen LogP contribution in [-0.4, -0.2) is 22.1 Å². The maximum absolute atomic E-state index is 11.1. The SMILES string of the molecule is NC=CC=Nc1ccc(Cn2cc(C=O)c3nc#ccc32)cc1. The van der Waals surface area contributed by atoms with Crippen LogP contribution in [0.3, 0.4) is 0 Å². The van der Waals surface area contributed by atoms with Gasteiger partial charge >= 0.3 is 0 Å². The zero-order valence-corrected chi connectivity index (χ0v) is 12.3. The maximum atomic E-state index is 11.1. The van der Waals surface area contributed by atoms with Crippen LogP contribution in [0, 0.1) is 12.3 Å². The minimum absolute atomic E-state index is 0.556. The third-order valence-electron chi connectivity index (χ3n) is 3.40. The standard InChI is InChI=1S/C18H14N4O/c19-8-2-10-20-16-6-4-14(5-7-16)11-22-12-15(13-23)18-17(22)3-1-9-21-18/h2-8,10,12-13H,11,19H2. The average molecular weight is 302 g/mol. The number of rotatable bonds is 5. The Morgan fingerprint density at radius 3 is 2.87 bits per heavy atom. The van der Waals surface area contributed by atoms with Crippen molar-refractivity contribution in [2.24, 2.45) is 10.7 Å². The van der Waals surface area contributed by atoms with Crippen LogP contribution in [0.25, 0.3) is 11.0 Å². The van der Waals surface area contributed by atoms with E-state index in [9.17, 15) is 4.79 Å². The van der Waals surface area contributed by atoms with Gasteiger partial charge in [-0.2, -0.15) is 4.98 Å². The number of carbonyl (C=O) groups is 1. The number of hydrogen-bond acceptors (Lipinski definition) is 4. The molecule has 0 unspecified atom stereocenters. The summed E-state index contributed by atoms with van der Waals surface area (Å²) in [6.45, 7) is 0.635. The largest absolute Gasteiger partial charge is 0.405 e. The summed E-state index contributed by atoms with van der Waals surface area (Å²) in [6.07, 6.45) is 9.99. The van der Waals surface area contributed by atoms with Crippen molar-refractivity contribution in [1.82, 2.24) is 9.55 Å². The Bertz CT molecular complexity index is 876. The van der Waals surface area contributed by atoms with Gasteiger partial charge in [0.05, 0.1) is 16.8 Å². The van der Waals surface area contributed by atoms with Crippen molar-refractivity contribution in [3.8, 4) is 0 Å². The highest BCUT2D eigenvalue weighted by atomic mass is 16.1. The molecular formula is C18H14N4O. The lowest BCUT2D eigenvalue weighted by molar-refractivity contribution is 0.112. The molecule has 2 aromatic heterocycles. The Morgan fingerprint density at radius 1 is 1.30 bits per heavy atom. The second-order valence-electron chi connectivity index (χ2n) is 4.91. The molecule has 0 spiro atoms. The van der Waals surface area contributed by atoms with Gasteiger partial charge in [-0.1, -0.05) is 12.1 Å². The van der Waals surface area contributed by atoms with E-state index >= 15 is 0 Å². The summed E-state index contributed by atoms with van der Waals surface area (Å²) in [4.78, 5) is 19.5. The Kier molecular flexibility index (Phi) is 4.16. The molecule has 112 valence electrons. The Hall–Kier alpha value is -3.39. The lowest BCUT2D eigenvalue weighted by atomic mass is 10.2. The molecule has 1 aromatic carbocycles. The first kappa shape index (κ1) is 14.5. The number of nitrogens with two attached hydrogens (primary N) is 1. The molecule has 0 amide bonds. The lowest BCUT2D eigenvalue weighted by Crippen LogP contribution is -1.97. The molecule has 0 saturated heterocycles. The molecule has 0 aliphatic carbocycles. The fraction of sp³-hybridized carbons (Fsp3) is 0.0556. The van der Waals surface area contributed by atoms with E-state index in [0.717, 1.165) is 23.1 Å². The Balaban J connectivity index is 1.86. The number of hydrogen-bond donors (Lipinski definition) is 1. The minimum Gasteiger partial charge on any atom is -0.405 e. The summed E-state index contributed by atoms with van der Waals surface area (Å²) in [5, 5.41) is 0. The van der Waals surface area contributed by atoms with E-state index in [0.29, 0.717) is 17.6 Å². The predicted molar refractivity (Wildman–Crippen MR) is 89.8 cm³/mol. The molecule has 5 heteroatoms. The van der Waals surface area contributed by atoms with Crippen LogP contribution >= 0.6 is 0 Å². The minimum atomic E-state index is 0.556. The van der Waals surface area contributed by atoms with Crippen molar-refractivity contribution in [2.45, 2.75) is 6.54 Å². The molecular weight excluding hydrogens is 288 g/mol. The van der Waals surface area contributed by atoms with E-state index in [1.54, 1.807) is 24.6 Å². The molecule has 2 heterocycles. The zero-order valence-electron chi connectivity index (χ0n) is 12.3. The van der Waals surface area contributed by atoms with Gasteiger partial charge in [-0.3, -0.25) is 9.79 Å². The smallest absolute Gasteiger partial charge is 0.153 e. The second-order valence-corrected chi connectivity index (χ2v) is 4.91. The third-order valence-corrected chi connectivity index (χ3v) is 3.40. The van der Waals surface area contributed by atoms with Crippen molar-refractivity contribution >= 4 is 29.2 Å². The zero-order chi connectivity index (χ0) is 16.1. The summed E-state index contributed by atoms with van der Waals surface area (Å²) in [6, 6.07) is 12.5. The van der Waals surface area contributed by atoms with Crippen LogP contribution < -0.4 is 5.73 Å². The molecule has 0 atom stereocenters. The van der Waals surface area contributed by atoms with E-state index < -0.39 is 0 Å². The molecule has 0 aliphatic rings. The Morgan fingerprint density at radius 2 is 2.13 bits per heavy atom. The fourth-order valence-electron chi connectivity index (χ4n) is 2.32. The highest BCUT2D eigenvalue weighted by Gasteiger charge is 2.08. The highest BCUT2D eigenvalue weighted by molar-refractivity contribution is 5.94. The highest BCUT2D eigenvalue weighted by Crippen LogP contribution is 2.19. The fourth-order valence-corrected chi connectivity index (χ4v) is 2.32. The summed E-state index contributed by atoms with van der Waals surface area (Å²) < 4.78 is 1.98. The maximum Gasteiger partial charge on any atom is 0.153 e. The number of aliphatic imine (C=N–C) groups is 1. The van der Waals surface area contributed by atoms with Crippen LogP contribution in [0.15, 0.2) is 53.8 Å². The monoisotopic (exact) mass is 302 g/mol. The van der Waals surface area contributed by atoms with Gasteiger partial charge in [0.25, 0.3) is 0 Å². The van der Waals surface area contributed by atoms with Crippen molar-refractivity contribution in [3.05, 3.63) is 72.2 Å². The van der Waals surface area contributed by atoms with Crippen molar-refractivity contribution in [1.29, 1.82) is 0 Å². The first-order valence-electron chi connectivity index (χ1n) is 7.04. The molecule has 5 nitrogen and oxygen atoms in total. The average Bonchev–Trinajstić information content (AvgIpc) is 2.95. The van der Waals surface area contributed by atoms with E-state index in [1.165, 1.54) is 6.20 Å². The van der Waals surface area contributed by atoms with Crippen molar-refractivity contribution in [3.63, 3.8) is 0 Å².